The quantitative estimate of drug-likeness (QED) is 0.651. The van der Waals surface area contributed by atoms with E-state index in [1.54, 1.807) is 23.1 Å². The molecule has 160 valence electrons. The van der Waals surface area contributed by atoms with Crippen LogP contribution in [0.2, 0.25) is 0 Å². The molecule has 1 saturated heterocycles. The van der Waals surface area contributed by atoms with Crippen molar-refractivity contribution in [2.24, 2.45) is 5.92 Å². The monoisotopic (exact) mass is 427 g/mol. The number of likely N-dealkylation sites (tertiary alicyclic amines) is 1. The molecular weight excluding hydrogens is 405 g/mol. The van der Waals surface area contributed by atoms with Crippen molar-refractivity contribution in [1.29, 1.82) is 5.26 Å². The molecule has 5 nitrogen and oxygen atoms in total. The van der Waals surface area contributed by atoms with Crippen molar-refractivity contribution in [3.8, 4) is 17.2 Å². The van der Waals surface area contributed by atoms with Crippen LogP contribution in [0.15, 0.2) is 66.7 Å². The number of halogens is 1. The summed E-state index contributed by atoms with van der Waals surface area (Å²) in [6, 6.07) is 21.1. The van der Waals surface area contributed by atoms with Crippen molar-refractivity contribution < 1.29 is 14.3 Å². The van der Waals surface area contributed by atoms with Crippen LogP contribution in [0.1, 0.15) is 33.9 Å². The minimum absolute atomic E-state index is 0.0175. The highest BCUT2D eigenvalue weighted by Crippen LogP contribution is 2.47. The molecule has 3 atom stereocenters. The number of carbonyl (C=O) groups excluding carboxylic acids is 1. The largest absolute Gasteiger partial charge is 0.394 e. The number of aliphatic hydroxyl groups excluding tert-OH is 1. The Morgan fingerprint density at radius 2 is 1.94 bits per heavy atom. The Balaban J connectivity index is 1.59. The minimum atomic E-state index is -0.532. The first-order valence-electron chi connectivity index (χ1n) is 10.7. The summed E-state index contributed by atoms with van der Waals surface area (Å²) in [5, 5.41) is 22.6. The van der Waals surface area contributed by atoms with Crippen LogP contribution < -0.4 is 5.32 Å². The third kappa shape index (κ3) is 3.31. The van der Waals surface area contributed by atoms with Crippen LogP contribution in [-0.2, 0) is 0 Å². The van der Waals surface area contributed by atoms with E-state index in [0.29, 0.717) is 12.1 Å². The number of anilines is 1. The molecule has 1 amide bonds. The van der Waals surface area contributed by atoms with E-state index in [4.69, 9.17) is 0 Å². The van der Waals surface area contributed by atoms with Crippen molar-refractivity contribution in [1.82, 2.24) is 4.90 Å². The highest BCUT2D eigenvalue weighted by Gasteiger charge is 2.46. The van der Waals surface area contributed by atoms with Gasteiger partial charge in [0.1, 0.15) is 5.82 Å². The fraction of sp³-hybridized carbons (Fsp3) is 0.231. The molecule has 0 bridgehead atoms. The standard InChI is InChI=1S/C26H22FN3O2/c27-22-7-2-1-6-19(22)26(32)30-11-10-20-24(15-31)29-23-9-8-18(13-21(23)25(20)30)17-5-3-4-16(12-17)14-28/h1-9,12-13,20,24-25,29,31H,10-11,15H2/t20-,24+,25-/m0/s1. The van der Waals surface area contributed by atoms with Crippen molar-refractivity contribution in [3.63, 3.8) is 0 Å². The van der Waals surface area contributed by atoms with Gasteiger partial charge < -0.3 is 15.3 Å². The van der Waals surface area contributed by atoms with Crippen LogP contribution in [0.25, 0.3) is 11.1 Å². The summed E-state index contributed by atoms with van der Waals surface area (Å²) in [4.78, 5) is 15.1. The van der Waals surface area contributed by atoms with E-state index < -0.39 is 5.82 Å². The van der Waals surface area contributed by atoms with Gasteiger partial charge in [-0.2, -0.15) is 5.26 Å². The fourth-order valence-corrected chi connectivity index (χ4v) is 5.03. The third-order valence-corrected chi connectivity index (χ3v) is 6.56. The lowest BCUT2D eigenvalue weighted by Crippen LogP contribution is -2.43. The van der Waals surface area contributed by atoms with Gasteiger partial charge in [-0.05, 0) is 59.5 Å². The molecule has 0 radical (unpaired) electrons. The molecule has 2 N–H and O–H groups in total. The first-order valence-corrected chi connectivity index (χ1v) is 10.7. The number of hydrogen-bond acceptors (Lipinski definition) is 4. The summed E-state index contributed by atoms with van der Waals surface area (Å²) < 4.78 is 14.4. The van der Waals surface area contributed by atoms with Crippen LogP contribution in [0.3, 0.4) is 0 Å². The van der Waals surface area contributed by atoms with Gasteiger partial charge >= 0.3 is 0 Å². The first kappa shape index (κ1) is 20.2. The van der Waals surface area contributed by atoms with Crippen LogP contribution in [-0.4, -0.2) is 35.1 Å². The van der Waals surface area contributed by atoms with Crippen molar-refractivity contribution in [2.45, 2.75) is 18.5 Å². The summed E-state index contributed by atoms with van der Waals surface area (Å²) in [7, 11) is 0. The van der Waals surface area contributed by atoms with Gasteiger partial charge in [0.15, 0.2) is 0 Å². The van der Waals surface area contributed by atoms with Gasteiger partial charge in [-0.25, -0.2) is 4.39 Å². The molecule has 1 fully saturated rings. The summed E-state index contributed by atoms with van der Waals surface area (Å²) in [5.41, 5.74) is 4.30. The summed E-state index contributed by atoms with van der Waals surface area (Å²) in [5.74, 6) is -0.850. The average Bonchev–Trinajstić information content (AvgIpc) is 3.29. The molecular formula is C26H22FN3O2. The Kier molecular flexibility index (Phi) is 5.12. The Bertz CT molecular complexity index is 1240. The van der Waals surface area contributed by atoms with Gasteiger partial charge in [-0.3, -0.25) is 4.79 Å². The van der Waals surface area contributed by atoms with E-state index in [1.807, 2.05) is 36.4 Å². The van der Waals surface area contributed by atoms with Gasteiger partial charge in [0, 0.05) is 18.2 Å². The number of amides is 1. The molecule has 2 aliphatic rings. The number of nitrogens with zero attached hydrogens (tertiary/aromatic N) is 2. The Hall–Kier alpha value is -3.69. The summed E-state index contributed by atoms with van der Waals surface area (Å²) in [6.45, 7) is 0.447. The number of hydrogen-bond donors (Lipinski definition) is 2. The Labute approximate surface area is 185 Å². The average molecular weight is 427 g/mol. The molecule has 0 unspecified atom stereocenters. The molecule has 0 aromatic heterocycles. The van der Waals surface area contributed by atoms with E-state index in [0.717, 1.165) is 28.8 Å². The number of benzene rings is 3. The van der Waals surface area contributed by atoms with Gasteiger partial charge in [0.25, 0.3) is 5.91 Å². The number of aliphatic hydroxyl groups is 1. The summed E-state index contributed by atoms with van der Waals surface area (Å²) in [6.07, 6.45) is 0.719. The van der Waals surface area contributed by atoms with E-state index in [9.17, 15) is 19.6 Å². The second kappa shape index (κ2) is 8.10. The van der Waals surface area contributed by atoms with E-state index >= 15 is 0 Å². The predicted molar refractivity (Wildman–Crippen MR) is 119 cm³/mol. The SMILES string of the molecule is N#Cc1cccc(-c2ccc3c(c2)[C@@H]2[C@@H](CCN2C(=O)c2ccccc2F)[C@@H](CO)N3)c1. The number of nitriles is 1. The molecule has 32 heavy (non-hydrogen) atoms. The lowest BCUT2D eigenvalue weighted by molar-refractivity contribution is 0.0696. The maximum absolute atomic E-state index is 14.4. The fourth-order valence-electron chi connectivity index (χ4n) is 5.03. The van der Waals surface area contributed by atoms with Crippen LogP contribution in [0.4, 0.5) is 10.1 Å². The molecule has 2 aliphatic heterocycles. The number of carbonyl (C=O) groups is 1. The van der Waals surface area contributed by atoms with Crippen molar-refractivity contribution in [2.75, 3.05) is 18.5 Å². The molecule has 3 aromatic carbocycles. The molecule has 0 aliphatic carbocycles. The first-order chi connectivity index (χ1) is 15.6. The third-order valence-electron chi connectivity index (χ3n) is 6.56. The van der Waals surface area contributed by atoms with E-state index in [-0.39, 0.29) is 36.1 Å². The van der Waals surface area contributed by atoms with Crippen molar-refractivity contribution in [3.05, 3.63) is 89.2 Å². The lowest BCUT2D eigenvalue weighted by Gasteiger charge is -2.39. The van der Waals surface area contributed by atoms with Crippen molar-refractivity contribution >= 4 is 11.6 Å². The normalized spacial score (nSPS) is 21.3. The molecule has 0 spiro atoms. The zero-order valence-electron chi connectivity index (χ0n) is 17.3. The zero-order valence-corrected chi connectivity index (χ0v) is 17.3. The van der Waals surface area contributed by atoms with Gasteiger partial charge in [-0.15, -0.1) is 0 Å². The van der Waals surface area contributed by atoms with Crippen LogP contribution >= 0.6 is 0 Å². The second-order valence-electron chi connectivity index (χ2n) is 8.30. The van der Waals surface area contributed by atoms with Crippen LogP contribution in [0, 0.1) is 23.1 Å². The molecule has 3 aromatic rings. The van der Waals surface area contributed by atoms with Gasteiger partial charge in [0.05, 0.1) is 35.9 Å². The molecule has 0 saturated carbocycles. The van der Waals surface area contributed by atoms with E-state index in [2.05, 4.69) is 11.4 Å². The molecule has 5 rings (SSSR count). The topological polar surface area (TPSA) is 76.4 Å². The Morgan fingerprint density at radius 1 is 1.12 bits per heavy atom. The molecule has 6 heteroatoms. The maximum Gasteiger partial charge on any atom is 0.257 e. The zero-order chi connectivity index (χ0) is 22.2. The summed E-state index contributed by atoms with van der Waals surface area (Å²) >= 11 is 0. The predicted octanol–water partition coefficient (Wildman–Crippen LogP) is 4.35. The Morgan fingerprint density at radius 3 is 2.72 bits per heavy atom. The number of fused-ring (bicyclic) bond motifs is 3. The van der Waals surface area contributed by atoms with Crippen LogP contribution in [0.5, 0.6) is 0 Å². The second-order valence-corrected chi connectivity index (χ2v) is 8.30. The smallest absolute Gasteiger partial charge is 0.257 e. The minimum Gasteiger partial charge on any atom is -0.394 e. The number of nitrogens with one attached hydrogen (secondary N) is 1. The van der Waals surface area contributed by atoms with Gasteiger partial charge in [0.2, 0.25) is 0 Å². The highest BCUT2D eigenvalue weighted by atomic mass is 19.1. The molecule has 2 heterocycles. The van der Waals surface area contributed by atoms with Gasteiger partial charge in [-0.1, -0.05) is 30.3 Å². The maximum atomic E-state index is 14.4. The lowest BCUT2D eigenvalue weighted by atomic mass is 9.82. The number of rotatable bonds is 3. The highest BCUT2D eigenvalue weighted by molar-refractivity contribution is 5.95. The van der Waals surface area contributed by atoms with E-state index in [1.165, 1.54) is 12.1 Å².